The molecule has 0 bridgehead atoms. The van der Waals surface area contributed by atoms with Crippen LogP contribution < -0.4 is 15.6 Å². The SMILES string of the molecule is O=C1C[C@@H](c2ccc(OCCc3ccccc3)cc2)c2c(n3c(nc4ccccc43)[nH]c2=O)N1. The Morgan fingerprint density at radius 2 is 1.71 bits per heavy atom. The second-order valence-electron chi connectivity index (χ2n) is 8.43. The Balaban J connectivity index is 1.33. The van der Waals surface area contributed by atoms with Crippen molar-refractivity contribution in [3.05, 3.63) is 106 Å². The monoisotopic (exact) mass is 450 g/mol. The minimum Gasteiger partial charge on any atom is -0.493 e. The largest absolute Gasteiger partial charge is 0.493 e. The molecule has 1 amide bonds. The zero-order valence-corrected chi connectivity index (χ0v) is 18.3. The van der Waals surface area contributed by atoms with Crippen molar-refractivity contribution in [1.29, 1.82) is 0 Å². The Kier molecular flexibility index (Phi) is 4.87. The van der Waals surface area contributed by atoms with Crippen LogP contribution in [-0.2, 0) is 11.2 Å². The van der Waals surface area contributed by atoms with E-state index in [-0.39, 0.29) is 23.8 Å². The van der Waals surface area contributed by atoms with Crippen molar-refractivity contribution in [2.75, 3.05) is 11.9 Å². The number of aromatic amines is 1. The minimum atomic E-state index is -0.364. The lowest BCUT2D eigenvalue weighted by molar-refractivity contribution is -0.116. The molecule has 0 aliphatic carbocycles. The number of para-hydroxylation sites is 2. The highest BCUT2D eigenvalue weighted by Crippen LogP contribution is 2.36. The second kappa shape index (κ2) is 8.19. The fraction of sp³-hybridized carbons (Fsp3) is 0.148. The molecule has 2 aromatic heterocycles. The first-order valence-corrected chi connectivity index (χ1v) is 11.3. The first kappa shape index (κ1) is 20.2. The molecule has 6 rings (SSSR count). The zero-order valence-electron chi connectivity index (χ0n) is 18.3. The van der Waals surface area contributed by atoms with Crippen molar-refractivity contribution in [1.82, 2.24) is 14.4 Å². The number of hydrogen-bond donors (Lipinski definition) is 2. The van der Waals surface area contributed by atoms with Crippen molar-refractivity contribution in [3.63, 3.8) is 0 Å². The number of hydrogen-bond acceptors (Lipinski definition) is 4. The highest BCUT2D eigenvalue weighted by atomic mass is 16.5. The normalized spacial score (nSPS) is 15.3. The molecule has 3 heterocycles. The van der Waals surface area contributed by atoms with E-state index in [2.05, 4.69) is 27.4 Å². The lowest BCUT2D eigenvalue weighted by Gasteiger charge is -2.26. The van der Waals surface area contributed by atoms with Crippen LogP contribution in [0.3, 0.4) is 0 Å². The Labute approximate surface area is 195 Å². The van der Waals surface area contributed by atoms with E-state index in [4.69, 9.17) is 4.74 Å². The van der Waals surface area contributed by atoms with E-state index in [0.717, 1.165) is 28.8 Å². The highest BCUT2D eigenvalue weighted by Gasteiger charge is 2.32. The van der Waals surface area contributed by atoms with Gasteiger partial charge in [0.1, 0.15) is 11.6 Å². The van der Waals surface area contributed by atoms with Gasteiger partial charge in [-0.25, -0.2) is 4.98 Å². The Hall–Kier alpha value is -4.39. The van der Waals surface area contributed by atoms with Gasteiger partial charge in [-0.15, -0.1) is 0 Å². The van der Waals surface area contributed by atoms with Crippen molar-refractivity contribution in [3.8, 4) is 5.75 Å². The number of fused-ring (bicyclic) bond motifs is 5. The van der Waals surface area contributed by atoms with Crippen LogP contribution in [0.25, 0.3) is 16.8 Å². The van der Waals surface area contributed by atoms with Crippen molar-refractivity contribution in [2.24, 2.45) is 0 Å². The maximum Gasteiger partial charge on any atom is 0.258 e. The number of anilines is 1. The van der Waals surface area contributed by atoms with Gasteiger partial charge in [0, 0.05) is 18.8 Å². The van der Waals surface area contributed by atoms with Crippen molar-refractivity contribution >= 4 is 28.5 Å². The summed E-state index contributed by atoms with van der Waals surface area (Å²) in [4.78, 5) is 33.2. The summed E-state index contributed by atoms with van der Waals surface area (Å²) in [6.45, 7) is 0.573. The fourth-order valence-corrected chi connectivity index (χ4v) is 4.66. The molecule has 0 unspecified atom stereocenters. The van der Waals surface area contributed by atoms with Gasteiger partial charge in [-0.2, -0.15) is 0 Å². The fourth-order valence-electron chi connectivity index (χ4n) is 4.66. The van der Waals surface area contributed by atoms with Gasteiger partial charge in [0.25, 0.3) is 5.56 Å². The molecular weight excluding hydrogens is 428 g/mol. The molecule has 5 aromatic rings. The number of carbonyl (C=O) groups excluding carboxylic acids is 1. The minimum absolute atomic E-state index is 0.134. The Bertz CT molecular complexity index is 1570. The van der Waals surface area contributed by atoms with Crippen LogP contribution in [0.5, 0.6) is 5.75 Å². The molecule has 2 N–H and O–H groups in total. The number of carbonyl (C=O) groups is 1. The van der Waals surface area contributed by atoms with Gasteiger partial charge in [0.15, 0.2) is 0 Å². The molecule has 34 heavy (non-hydrogen) atoms. The lowest BCUT2D eigenvalue weighted by atomic mass is 9.87. The molecule has 168 valence electrons. The van der Waals surface area contributed by atoms with Crippen LogP contribution in [-0.4, -0.2) is 26.9 Å². The standard InChI is InChI=1S/C27H22N4O3/c32-23-16-20(18-10-12-19(13-11-18)34-15-14-17-6-2-1-3-7-17)24-25(29-23)31-22-9-5-4-8-21(22)28-27(31)30-26(24)33/h1-13,20H,14-16H2,(H,29,32)(H,28,30,33)/t20-/m0/s1. The average molecular weight is 450 g/mol. The van der Waals surface area contributed by atoms with E-state index in [0.29, 0.717) is 23.8 Å². The Morgan fingerprint density at radius 1 is 0.941 bits per heavy atom. The quantitative estimate of drug-likeness (QED) is 0.419. The summed E-state index contributed by atoms with van der Waals surface area (Å²) < 4.78 is 7.72. The summed E-state index contributed by atoms with van der Waals surface area (Å²) in [5.74, 6) is 1.15. The van der Waals surface area contributed by atoms with E-state index in [1.165, 1.54) is 5.56 Å². The van der Waals surface area contributed by atoms with Crippen LogP contribution in [0.2, 0.25) is 0 Å². The van der Waals surface area contributed by atoms with Gasteiger partial charge in [0.2, 0.25) is 11.7 Å². The van der Waals surface area contributed by atoms with Crippen LogP contribution in [0, 0.1) is 0 Å². The van der Waals surface area contributed by atoms with Crippen LogP contribution >= 0.6 is 0 Å². The number of amides is 1. The van der Waals surface area contributed by atoms with E-state index >= 15 is 0 Å². The number of benzene rings is 3. The van der Waals surface area contributed by atoms with Crippen molar-refractivity contribution in [2.45, 2.75) is 18.8 Å². The third kappa shape index (κ3) is 3.51. The predicted octanol–water partition coefficient (Wildman–Crippen LogP) is 4.27. The van der Waals surface area contributed by atoms with Gasteiger partial charge >= 0.3 is 0 Å². The molecule has 7 nitrogen and oxygen atoms in total. The number of ether oxygens (including phenoxy) is 1. The molecular formula is C27H22N4O3. The van der Waals surface area contributed by atoms with E-state index in [1.54, 1.807) is 0 Å². The molecule has 0 saturated heterocycles. The first-order chi connectivity index (χ1) is 16.7. The Morgan fingerprint density at radius 3 is 2.53 bits per heavy atom. The van der Waals surface area contributed by atoms with E-state index in [9.17, 15) is 9.59 Å². The summed E-state index contributed by atoms with van der Waals surface area (Å²) in [5.41, 5.74) is 3.98. The summed E-state index contributed by atoms with van der Waals surface area (Å²) >= 11 is 0. The number of imidazole rings is 1. The number of rotatable bonds is 5. The molecule has 7 heteroatoms. The van der Waals surface area contributed by atoms with Crippen LogP contribution in [0.4, 0.5) is 5.82 Å². The van der Waals surface area contributed by atoms with Gasteiger partial charge < -0.3 is 10.1 Å². The van der Waals surface area contributed by atoms with Gasteiger partial charge in [-0.3, -0.25) is 19.0 Å². The van der Waals surface area contributed by atoms with Gasteiger partial charge in [-0.05, 0) is 35.4 Å². The maximum absolute atomic E-state index is 13.1. The predicted molar refractivity (Wildman–Crippen MR) is 130 cm³/mol. The zero-order chi connectivity index (χ0) is 23.1. The number of aromatic nitrogens is 3. The number of nitrogens with one attached hydrogen (secondary N) is 2. The molecule has 3 aromatic carbocycles. The summed E-state index contributed by atoms with van der Waals surface area (Å²) in [5, 5.41) is 2.92. The summed E-state index contributed by atoms with van der Waals surface area (Å²) in [6.07, 6.45) is 1.02. The summed E-state index contributed by atoms with van der Waals surface area (Å²) in [7, 11) is 0. The lowest BCUT2D eigenvalue weighted by Crippen LogP contribution is -2.32. The second-order valence-corrected chi connectivity index (χ2v) is 8.43. The topological polar surface area (TPSA) is 88.5 Å². The molecule has 1 atom stereocenters. The van der Waals surface area contributed by atoms with E-state index in [1.807, 2.05) is 71.1 Å². The maximum atomic E-state index is 13.1. The van der Waals surface area contributed by atoms with Gasteiger partial charge in [-0.1, -0.05) is 54.6 Å². The number of H-pyrrole nitrogens is 1. The third-order valence-electron chi connectivity index (χ3n) is 6.29. The molecule has 0 fully saturated rings. The van der Waals surface area contributed by atoms with Gasteiger partial charge in [0.05, 0.1) is 23.2 Å². The van der Waals surface area contributed by atoms with Crippen molar-refractivity contribution < 1.29 is 9.53 Å². The molecule has 0 spiro atoms. The molecule has 0 saturated carbocycles. The van der Waals surface area contributed by atoms with Crippen LogP contribution in [0.15, 0.2) is 83.7 Å². The summed E-state index contributed by atoms with van der Waals surface area (Å²) in [6, 6.07) is 25.4. The average Bonchev–Trinajstić information content (AvgIpc) is 3.23. The van der Waals surface area contributed by atoms with E-state index < -0.39 is 0 Å². The molecule has 1 aliphatic rings. The number of nitrogens with zero attached hydrogens (tertiary/aromatic N) is 2. The first-order valence-electron chi connectivity index (χ1n) is 11.3. The highest BCUT2D eigenvalue weighted by molar-refractivity contribution is 5.96. The smallest absolute Gasteiger partial charge is 0.258 e. The van der Waals surface area contributed by atoms with Crippen LogP contribution in [0.1, 0.15) is 29.0 Å². The molecule has 0 radical (unpaired) electrons. The molecule has 1 aliphatic heterocycles. The third-order valence-corrected chi connectivity index (χ3v) is 6.29.